The number of hydrogen-bond acceptors (Lipinski definition) is 3. The Morgan fingerprint density at radius 1 is 1.62 bits per heavy atom. The van der Waals surface area contributed by atoms with Gasteiger partial charge < -0.3 is 0 Å². The summed E-state index contributed by atoms with van der Waals surface area (Å²) in [6.07, 6.45) is 5.27. The van der Waals surface area contributed by atoms with Crippen LogP contribution in [-0.2, 0) is 0 Å². The minimum absolute atomic E-state index is 0.0945. The molecule has 2 atom stereocenters. The zero-order valence-corrected chi connectivity index (χ0v) is 8.98. The number of rotatable bonds is 3. The normalized spacial score (nSPS) is 14.9. The van der Waals surface area contributed by atoms with E-state index in [1.807, 2.05) is 13.8 Å². The molecule has 0 amide bonds. The Morgan fingerprint density at radius 3 is 2.77 bits per heavy atom. The topological polar surface area (TPSA) is 24.9 Å². The Labute approximate surface area is 83.4 Å². The molecule has 2 unspecified atom stereocenters. The van der Waals surface area contributed by atoms with Crippen LogP contribution in [-0.4, -0.2) is 11.0 Å². The molecule has 0 saturated heterocycles. The molecule has 0 spiro atoms. The molecule has 1 aromatic heterocycles. The van der Waals surface area contributed by atoms with Crippen molar-refractivity contribution in [2.75, 3.05) is 0 Å². The molecule has 0 fully saturated rings. The summed E-state index contributed by atoms with van der Waals surface area (Å²) in [7, 11) is 0. The summed E-state index contributed by atoms with van der Waals surface area (Å²) >= 11 is 1.66. The van der Waals surface area contributed by atoms with Gasteiger partial charge in [-0.1, -0.05) is 5.92 Å². The second-order valence-electron chi connectivity index (χ2n) is 3.07. The first-order valence-electron chi connectivity index (χ1n) is 4.27. The summed E-state index contributed by atoms with van der Waals surface area (Å²) in [5, 5.41) is 6.43. The van der Waals surface area contributed by atoms with Gasteiger partial charge in [-0.2, -0.15) is 0 Å². The highest BCUT2D eigenvalue weighted by Gasteiger charge is 2.09. The maximum atomic E-state index is 5.27. The molecule has 0 radical (unpaired) electrons. The number of thiazole rings is 1. The average molecular weight is 194 g/mol. The van der Waals surface area contributed by atoms with Gasteiger partial charge in [-0.15, -0.1) is 17.8 Å². The van der Waals surface area contributed by atoms with Gasteiger partial charge in [0, 0.05) is 11.4 Å². The second kappa shape index (κ2) is 4.40. The Hall–Kier alpha value is -0.850. The molecule has 0 bridgehead atoms. The smallest absolute Gasteiger partial charge is 0.0898 e. The third-order valence-corrected chi connectivity index (χ3v) is 2.62. The highest BCUT2D eigenvalue weighted by atomic mass is 32.1. The molecular weight excluding hydrogens is 180 g/mol. The van der Waals surface area contributed by atoms with Crippen LogP contribution < -0.4 is 5.32 Å². The molecule has 0 saturated carbocycles. The first-order valence-corrected chi connectivity index (χ1v) is 5.15. The summed E-state index contributed by atoms with van der Waals surface area (Å²) in [5.74, 6) is 2.64. The first-order chi connectivity index (χ1) is 6.13. The van der Waals surface area contributed by atoms with Crippen LogP contribution in [0.25, 0.3) is 0 Å². The Morgan fingerprint density at radius 2 is 2.31 bits per heavy atom. The van der Waals surface area contributed by atoms with Gasteiger partial charge in [-0.05, 0) is 20.8 Å². The van der Waals surface area contributed by atoms with Crippen LogP contribution in [0.1, 0.15) is 30.6 Å². The minimum atomic E-state index is 0.0945. The van der Waals surface area contributed by atoms with Gasteiger partial charge in [0.25, 0.3) is 0 Å². The van der Waals surface area contributed by atoms with Crippen molar-refractivity contribution in [2.45, 2.75) is 32.9 Å². The lowest BCUT2D eigenvalue weighted by atomic mass is 10.2. The fourth-order valence-corrected chi connectivity index (χ4v) is 1.79. The highest BCUT2D eigenvalue weighted by molar-refractivity contribution is 7.09. The standard InChI is InChI=1S/C10H14N2S/c1-5-7(2)11-8(3)10-6-13-9(4)12-10/h1,6-8,11H,2-4H3. The molecule has 1 heterocycles. The Kier molecular flexibility index (Phi) is 3.47. The zero-order valence-electron chi connectivity index (χ0n) is 8.16. The molecular formula is C10H14N2S. The monoisotopic (exact) mass is 194 g/mol. The lowest BCUT2D eigenvalue weighted by Gasteiger charge is -2.13. The van der Waals surface area contributed by atoms with Crippen LogP contribution in [0.5, 0.6) is 0 Å². The van der Waals surface area contributed by atoms with E-state index in [1.165, 1.54) is 0 Å². The number of nitrogens with one attached hydrogen (secondary N) is 1. The largest absolute Gasteiger partial charge is 0.296 e. The van der Waals surface area contributed by atoms with Crippen molar-refractivity contribution in [3.05, 3.63) is 16.1 Å². The Balaban J connectivity index is 2.59. The van der Waals surface area contributed by atoms with Gasteiger partial charge in [0.05, 0.1) is 16.7 Å². The molecule has 1 rings (SSSR count). The van der Waals surface area contributed by atoms with Crippen LogP contribution in [0.4, 0.5) is 0 Å². The van der Waals surface area contributed by atoms with Crippen LogP contribution in [0.15, 0.2) is 5.38 Å². The quantitative estimate of drug-likeness (QED) is 0.746. The predicted molar refractivity (Wildman–Crippen MR) is 56.7 cm³/mol. The third-order valence-electron chi connectivity index (χ3n) is 1.83. The van der Waals surface area contributed by atoms with Gasteiger partial charge in [0.2, 0.25) is 0 Å². The van der Waals surface area contributed by atoms with Crippen molar-refractivity contribution in [2.24, 2.45) is 0 Å². The maximum Gasteiger partial charge on any atom is 0.0898 e. The fraction of sp³-hybridized carbons (Fsp3) is 0.500. The highest BCUT2D eigenvalue weighted by Crippen LogP contribution is 2.15. The number of hydrogen-bond donors (Lipinski definition) is 1. The van der Waals surface area contributed by atoms with E-state index in [-0.39, 0.29) is 12.1 Å². The molecule has 0 aliphatic heterocycles. The molecule has 1 aromatic rings. The molecule has 0 aliphatic carbocycles. The fourth-order valence-electron chi connectivity index (χ4n) is 1.09. The van der Waals surface area contributed by atoms with E-state index in [4.69, 9.17) is 6.42 Å². The second-order valence-corrected chi connectivity index (χ2v) is 4.13. The van der Waals surface area contributed by atoms with Gasteiger partial charge in [0.15, 0.2) is 0 Å². The average Bonchev–Trinajstić information content (AvgIpc) is 2.51. The van der Waals surface area contributed by atoms with E-state index in [2.05, 4.69) is 28.5 Å². The van der Waals surface area contributed by atoms with Crippen molar-refractivity contribution in [1.29, 1.82) is 0 Å². The summed E-state index contributed by atoms with van der Waals surface area (Å²) < 4.78 is 0. The lowest BCUT2D eigenvalue weighted by molar-refractivity contribution is 0.537. The molecule has 1 N–H and O–H groups in total. The predicted octanol–water partition coefficient (Wildman–Crippen LogP) is 2.12. The number of terminal acetylenes is 1. The molecule has 13 heavy (non-hydrogen) atoms. The maximum absolute atomic E-state index is 5.27. The van der Waals surface area contributed by atoms with Gasteiger partial charge in [-0.3, -0.25) is 5.32 Å². The van der Waals surface area contributed by atoms with E-state index in [0.717, 1.165) is 10.7 Å². The van der Waals surface area contributed by atoms with Crippen LogP contribution in [0.2, 0.25) is 0 Å². The molecule has 0 aromatic carbocycles. The summed E-state index contributed by atoms with van der Waals surface area (Å²) in [4.78, 5) is 4.39. The van der Waals surface area contributed by atoms with Crippen molar-refractivity contribution in [3.63, 3.8) is 0 Å². The van der Waals surface area contributed by atoms with Gasteiger partial charge in [-0.25, -0.2) is 4.98 Å². The number of aromatic nitrogens is 1. The summed E-state index contributed by atoms with van der Waals surface area (Å²) in [6, 6.07) is 0.327. The third kappa shape index (κ3) is 2.83. The van der Waals surface area contributed by atoms with E-state index < -0.39 is 0 Å². The summed E-state index contributed by atoms with van der Waals surface area (Å²) in [5.41, 5.74) is 1.07. The van der Waals surface area contributed by atoms with E-state index in [0.29, 0.717) is 0 Å². The van der Waals surface area contributed by atoms with E-state index in [9.17, 15) is 0 Å². The zero-order chi connectivity index (χ0) is 9.84. The van der Waals surface area contributed by atoms with Crippen molar-refractivity contribution >= 4 is 11.3 Å². The number of nitrogens with zero attached hydrogens (tertiary/aromatic N) is 1. The van der Waals surface area contributed by atoms with Crippen molar-refractivity contribution < 1.29 is 0 Å². The molecule has 70 valence electrons. The Bertz CT molecular complexity index is 311. The van der Waals surface area contributed by atoms with Crippen LogP contribution >= 0.6 is 11.3 Å². The van der Waals surface area contributed by atoms with Crippen molar-refractivity contribution in [1.82, 2.24) is 10.3 Å². The van der Waals surface area contributed by atoms with Crippen LogP contribution in [0.3, 0.4) is 0 Å². The van der Waals surface area contributed by atoms with Crippen molar-refractivity contribution in [3.8, 4) is 12.3 Å². The van der Waals surface area contributed by atoms with E-state index in [1.54, 1.807) is 11.3 Å². The van der Waals surface area contributed by atoms with Gasteiger partial charge in [0.1, 0.15) is 0 Å². The number of aryl methyl sites for hydroxylation is 1. The molecule has 2 nitrogen and oxygen atoms in total. The molecule has 3 heteroatoms. The molecule has 0 aliphatic rings. The van der Waals surface area contributed by atoms with Crippen LogP contribution in [0, 0.1) is 19.3 Å². The minimum Gasteiger partial charge on any atom is -0.296 e. The summed E-state index contributed by atoms with van der Waals surface area (Å²) in [6.45, 7) is 6.05. The SMILES string of the molecule is C#CC(C)NC(C)c1csc(C)n1. The first kappa shape index (κ1) is 10.2. The van der Waals surface area contributed by atoms with Gasteiger partial charge >= 0.3 is 0 Å². The lowest BCUT2D eigenvalue weighted by Crippen LogP contribution is -2.27. The van der Waals surface area contributed by atoms with E-state index >= 15 is 0 Å².